The Kier molecular flexibility index (Phi) is 3.09. The Labute approximate surface area is 133 Å². The van der Waals surface area contributed by atoms with Gasteiger partial charge in [0, 0.05) is 11.1 Å². The highest BCUT2D eigenvalue weighted by atomic mass is 35.5. The van der Waals surface area contributed by atoms with E-state index < -0.39 is 28.2 Å². The van der Waals surface area contributed by atoms with Crippen LogP contribution in [0, 0.1) is 16.6 Å². The highest BCUT2D eigenvalue weighted by Gasteiger charge is 2.75. The van der Waals surface area contributed by atoms with Crippen molar-refractivity contribution < 1.29 is 18.7 Å². The largest absolute Gasteiger partial charge is 0.448 e. The molecule has 0 radical (unpaired) electrons. The fourth-order valence-corrected chi connectivity index (χ4v) is 3.73. The molecule has 1 aromatic rings. The van der Waals surface area contributed by atoms with Gasteiger partial charge in [-0.3, -0.25) is 9.59 Å². The molecule has 3 rings (SSSR count). The molecule has 0 spiro atoms. The fourth-order valence-electron chi connectivity index (χ4n) is 3.55. The van der Waals surface area contributed by atoms with Crippen LogP contribution in [0.3, 0.4) is 0 Å². The molecule has 2 bridgehead atoms. The number of hydrogen-bond donors (Lipinski definition) is 1. The van der Waals surface area contributed by atoms with Crippen LogP contribution in [0.15, 0.2) is 18.2 Å². The third kappa shape index (κ3) is 1.69. The number of carbonyl (C=O) groups excluding carboxylic acids is 2. The average Bonchev–Trinajstić information content (AvgIpc) is 2.73. The number of halogens is 2. The third-order valence-corrected chi connectivity index (χ3v) is 5.92. The molecule has 2 fully saturated rings. The number of esters is 1. The monoisotopic (exact) mass is 325 g/mol. The van der Waals surface area contributed by atoms with Gasteiger partial charge >= 0.3 is 5.97 Å². The molecule has 4 nitrogen and oxygen atoms in total. The third-order valence-electron chi connectivity index (χ3n) is 5.63. The molecule has 2 aliphatic rings. The molecular weight excluding hydrogens is 309 g/mol. The molecule has 1 heterocycles. The van der Waals surface area contributed by atoms with Gasteiger partial charge in [0.1, 0.15) is 5.82 Å². The van der Waals surface area contributed by atoms with Crippen LogP contribution in [0.5, 0.6) is 0 Å². The quantitative estimate of drug-likeness (QED) is 0.846. The lowest BCUT2D eigenvalue weighted by Gasteiger charge is -2.35. The van der Waals surface area contributed by atoms with Crippen LogP contribution < -0.4 is 5.32 Å². The molecule has 22 heavy (non-hydrogen) atoms. The molecule has 1 N–H and O–H groups in total. The van der Waals surface area contributed by atoms with Crippen molar-refractivity contribution in [1.29, 1.82) is 0 Å². The second-order valence-corrected chi connectivity index (χ2v) is 7.16. The van der Waals surface area contributed by atoms with Crippen LogP contribution in [0.1, 0.15) is 33.6 Å². The topological polar surface area (TPSA) is 55.4 Å². The van der Waals surface area contributed by atoms with Gasteiger partial charge in [-0.15, -0.1) is 0 Å². The average molecular weight is 326 g/mol. The predicted octanol–water partition coefficient (Wildman–Crippen LogP) is 3.54. The maximum absolute atomic E-state index is 13.2. The standard InChI is InChI=1S/C16H17ClFNO3/c1-14(2)15(3)6-7-16(14,22-13(15)21)12(20)19-9-4-5-11(18)10(17)8-9/h4-5,8H,6-7H2,1-3H3,(H,19,20). The van der Waals surface area contributed by atoms with E-state index in [2.05, 4.69) is 5.32 Å². The van der Waals surface area contributed by atoms with E-state index in [4.69, 9.17) is 16.3 Å². The molecule has 2 atom stereocenters. The van der Waals surface area contributed by atoms with Crippen molar-refractivity contribution in [1.82, 2.24) is 0 Å². The molecule has 1 amide bonds. The number of fused-ring (bicyclic) bond motifs is 2. The highest BCUT2D eigenvalue weighted by molar-refractivity contribution is 6.31. The molecule has 1 aliphatic heterocycles. The summed E-state index contributed by atoms with van der Waals surface area (Å²) in [6.45, 7) is 5.59. The summed E-state index contributed by atoms with van der Waals surface area (Å²) in [5.74, 6) is -1.29. The summed E-state index contributed by atoms with van der Waals surface area (Å²) in [7, 11) is 0. The molecule has 1 aromatic carbocycles. The minimum atomic E-state index is -1.19. The summed E-state index contributed by atoms with van der Waals surface area (Å²) in [4.78, 5) is 24.9. The summed E-state index contributed by atoms with van der Waals surface area (Å²) in [5, 5.41) is 2.62. The van der Waals surface area contributed by atoms with E-state index in [9.17, 15) is 14.0 Å². The Hall–Kier alpha value is -1.62. The van der Waals surface area contributed by atoms with Crippen molar-refractivity contribution in [2.75, 3.05) is 5.32 Å². The van der Waals surface area contributed by atoms with Gasteiger partial charge in [0.2, 0.25) is 0 Å². The van der Waals surface area contributed by atoms with Crippen LogP contribution >= 0.6 is 11.6 Å². The second-order valence-electron chi connectivity index (χ2n) is 6.76. The van der Waals surface area contributed by atoms with Gasteiger partial charge in [0.15, 0.2) is 5.60 Å². The number of hydrogen-bond acceptors (Lipinski definition) is 3. The molecule has 6 heteroatoms. The van der Waals surface area contributed by atoms with Gasteiger partial charge in [-0.1, -0.05) is 25.4 Å². The Morgan fingerprint density at radius 1 is 1.32 bits per heavy atom. The number of ether oxygens (including phenoxy) is 1. The first-order valence-corrected chi connectivity index (χ1v) is 7.52. The molecular formula is C16H17ClFNO3. The minimum absolute atomic E-state index is 0.0748. The summed E-state index contributed by atoms with van der Waals surface area (Å²) >= 11 is 5.72. The summed E-state index contributed by atoms with van der Waals surface area (Å²) in [5.41, 5.74) is -2.10. The molecule has 2 unspecified atom stereocenters. The first kappa shape index (κ1) is 15.3. The molecule has 0 aromatic heterocycles. The number of amides is 1. The fraction of sp³-hybridized carbons (Fsp3) is 0.500. The van der Waals surface area contributed by atoms with E-state index in [1.165, 1.54) is 18.2 Å². The minimum Gasteiger partial charge on any atom is -0.448 e. The van der Waals surface area contributed by atoms with E-state index in [1.54, 1.807) is 0 Å². The van der Waals surface area contributed by atoms with E-state index >= 15 is 0 Å². The maximum atomic E-state index is 13.2. The van der Waals surface area contributed by atoms with E-state index in [0.717, 1.165) is 0 Å². The normalized spacial score (nSPS) is 32.0. The van der Waals surface area contributed by atoms with Gasteiger partial charge in [0.25, 0.3) is 5.91 Å². The van der Waals surface area contributed by atoms with Gasteiger partial charge in [0.05, 0.1) is 10.4 Å². The molecule has 1 aliphatic carbocycles. The van der Waals surface area contributed by atoms with Crippen LogP contribution in [-0.2, 0) is 14.3 Å². The van der Waals surface area contributed by atoms with Crippen LogP contribution in [-0.4, -0.2) is 17.5 Å². The van der Waals surface area contributed by atoms with Gasteiger partial charge in [-0.05, 0) is 38.0 Å². The summed E-state index contributed by atoms with van der Waals surface area (Å²) in [6.07, 6.45) is 1.08. The van der Waals surface area contributed by atoms with Crippen LogP contribution in [0.25, 0.3) is 0 Å². The highest BCUT2D eigenvalue weighted by Crippen LogP contribution is 2.65. The summed E-state index contributed by atoms with van der Waals surface area (Å²) < 4.78 is 18.7. The first-order valence-electron chi connectivity index (χ1n) is 7.14. The maximum Gasteiger partial charge on any atom is 0.313 e. The van der Waals surface area contributed by atoms with Crippen molar-refractivity contribution >= 4 is 29.2 Å². The van der Waals surface area contributed by atoms with Gasteiger partial charge < -0.3 is 10.1 Å². The van der Waals surface area contributed by atoms with E-state index in [0.29, 0.717) is 18.5 Å². The zero-order valence-electron chi connectivity index (χ0n) is 12.6. The van der Waals surface area contributed by atoms with Crippen molar-refractivity contribution in [2.45, 2.75) is 39.2 Å². The van der Waals surface area contributed by atoms with Crippen LogP contribution in [0.4, 0.5) is 10.1 Å². The lowest BCUT2D eigenvalue weighted by molar-refractivity contribution is -0.165. The number of anilines is 1. The van der Waals surface area contributed by atoms with E-state index in [-0.39, 0.29) is 11.0 Å². The lowest BCUT2D eigenvalue weighted by Crippen LogP contribution is -2.50. The van der Waals surface area contributed by atoms with Gasteiger partial charge in [-0.25, -0.2) is 4.39 Å². The summed E-state index contributed by atoms with van der Waals surface area (Å²) in [6, 6.07) is 3.94. The van der Waals surface area contributed by atoms with Crippen molar-refractivity contribution in [3.8, 4) is 0 Å². The Balaban J connectivity index is 1.92. The number of carbonyl (C=O) groups is 2. The van der Waals surface area contributed by atoms with Crippen molar-refractivity contribution in [2.24, 2.45) is 10.8 Å². The molecule has 118 valence electrons. The lowest BCUT2D eigenvalue weighted by atomic mass is 9.66. The number of nitrogens with one attached hydrogen (secondary N) is 1. The SMILES string of the molecule is CC12CCC(C(=O)Nc3ccc(F)c(Cl)c3)(OC1=O)C2(C)C. The molecule has 1 saturated heterocycles. The van der Waals surface area contributed by atoms with Crippen LogP contribution in [0.2, 0.25) is 5.02 Å². The predicted molar refractivity (Wildman–Crippen MR) is 80.0 cm³/mol. The zero-order valence-corrected chi connectivity index (χ0v) is 13.4. The number of benzene rings is 1. The van der Waals surface area contributed by atoms with Crippen molar-refractivity contribution in [3.63, 3.8) is 0 Å². The van der Waals surface area contributed by atoms with Gasteiger partial charge in [-0.2, -0.15) is 0 Å². The Bertz CT molecular complexity index is 690. The second kappa shape index (κ2) is 4.44. The first-order chi connectivity index (χ1) is 10.1. The van der Waals surface area contributed by atoms with E-state index in [1.807, 2.05) is 20.8 Å². The zero-order chi connectivity index (χ0) is 16.3. The smallest absolute Gasteiger partial charge is 0.313 e. The van der Waals surface area contributed by atoms with Crippen molar-refractivity contribution in [3.05, 3.63) is 29.0 Å². The Morgan fingerprint density at radius 3 is 2.50 bits per heavy atom. The molecule has 1 saturated carbocycles. The number of rotatable bonds is 2. The Morgan fingerprint density at radius 2 is 2.00 bits per heavy atom.